The molecular weight excluding hydrogens is 246 g/mol. The molecule has 0 aliphatic rings. The molecule has 0 amide bonds. The van der Waals surface area contributed by atoms with Crippen LogP contribution >= 0.6 is 0 Å². The van der Waals surface area contributed by atoms with Gasteiger partial charge in [-0.3, -0.25) is 0 Å². The zero-order valence-electron chi connectivity index (χ0n) is 10.5. The molecule has 3 N–H and O–H groups in total. The molecule has 0 aliphatic carbocycles. The van der Waals surface area contributed by atoms with Crippen LogP contribution in [0.3, 0.4) is 0 Å². The summed E-state index contributed by atoms with van der Waals surface area (Å²) in [5, 5.41) is 0. The van der Waals surface area contributed by atoms with E-state index in [4.69, 9.17) is 15.3 Å². The second-order valence-electron chi connectivity index (χ2n) is 3.56. The first-order valence-corrected chi connectivity index (χ1v) is 5.82. The minimum Gasteiger partial charge on any atom is -0.368 e. The van der Waals surface area contributed by atoms with Crippen LogP contribution in [0, 0.1) is 0 Å². The summed E-state index contributed by atoms with van der Waals surface area (Å²) in [6, 6.07) is 9.49. The van der Waals surface area contributed by atoms with E-state index in [2.05, 4.69) is 20.4 Å². The Bertz CT molecular complexity index is 521. The molecule has 2 aromatic rings. The SMILES string of the molecule is CCOCONc1nc(N)nc(-c2ccccc2)n1. The zero-order chi connectivity index (χ0) is 13.5. The second-order valence-corrected chi connectivity index (χ2v) is 3.56. The lowest BCUT2D eigenvalue weighted by Gasteiger charge is -2.07. The van der Waals surface area contributed by atoms with Crippen LogP contribution in [-0.4, -0.2) is 28.4 Å². The molecule has 1 heterocycles. The van der Waals surface area contributed by atoms with E-state index in [0.717, 1.165) is 5.56 Å². The number of rotatable bonds is 6. The molecule has 0 saturated heterocycles. The molecule has 1 aromatic heterocycles. The van der Waals surface area contributed by atoms with E-state index in [1.807, 2.05) is 37.3 Å². The number of nitrogen functional groups attached to an aromatic ring is 1. The molecule has 7 nitrogen and oxygen atoms in total. The summed E-state index contributed by atoms with van der Waals surface area (Å²) < 4.78 is 5.01. The lowest BCUT2D eigenvalue weighted by molar-refractivity contribution is -0.0268. The van der Waals surface area contributed by atoms with Crippen LogP contribution in [0.2, 0.25) is 0 Å². The van der Waals surface area contributed by atoms with Crippen molar-refractivity contribution in [3.63, 3.8) is 0 Å². The van der Waals surface area contributed by atoms with Gasteiger partial charge in [-0.05, 0) is 6.92 Å². The summed E-state index contributed by atoms with van der Waals surface area (Å²) in [5.74, 6) is 0.845. The normalized spacial score (nSPS) is 10.4. The highest BCUT2D eigenvalue weighted by Gasteiger charge is 2.06. The Hall–Kier alpha value is -2.25. The lowest BCUT2D eigenvalue weighted by Crippen LogP contribution is -2.11. The van der Waals surface area contributed by atoms with E-state index >= 15 is 0 Å². The lowest BCUT2D eigenvalue weighted by atomic mass is 10.2. The number of hydrogen-bond acceptors (Lipinski definition) is 7. The van der Waals surface area contributed by atoms with Crippen molar-refractivity contribution >= 4 is 11.9 Å². The number of nitrogens with zero attached hydrogens (tertiary/aromatic N) is 3. The molecule has 0 radical (unpaired) electrons. The second kappa shape index (κ2) is 6.62. The predicted molar refractivity (Wildman–Crippen MR) is 70.9 cm³/mol. The molecule has 1 aromatic carbocycles. The molecule has 0 atom stereocenters. The third-order valence-electron chi connectivity index (χ3n) is 2.19. The molecule has 7 heteroatoms. The fourth-order valence-electron chi connectivity index (χ4n) is 1.37. The largest absolute Gasteiger partial charge is 0.368 e. The smallest absolute Gasteiger partial charge is 0.252 e. The van der Waals surface area contributed by atoms with Gasteiger partial charge in [-0.2, -0.15) is 15.0 Å². The van der Waals surface area contributed by atoms with Crippen molar-refractivity contribution in [1.29, 1.82) is 0 Å². The molecule has 0 aliphatic heterocycles. The first-order valence-electron chi connectivity index (χ1n) is 5.82. The maximum Gasteiger partial charge on any atom is 0.252 e. The molecule has 0 bridgehead atoms. The highest BCUT2D eigenvalue weighted by molar-refractivity contribution is 5.57. The molecule has 19 heavy (non-hydrogen) atoms. The van der Waals surface area contributed by atoms with Gasteiger partial charge in [0.2, 0.25) is 5.95 Å². The van der Waals surface area contributed by atoms with Crippen molar-refractivity contribution in [3.8, 4) is 11.4 Å². The van der Waals surface area contributed by atoms with E-state index in [9.17, 15) is 0 Å². The monoisotopic (exact) mass is 261 g/mol. The van der Waals surface area contributed by atoms with Crippen molar-refractivity contribution in [2.45, 2.75) is 6.92 Å². The van der Waals surface area contributed by atoms with Gasteiger partial charge in [0.05, 0.1) is 0 Å². The summed E-state index contributed by atoms with van der Waals surface area (Å²) in [4.78, 5) is 17.2. The number of anilines is 2. The fraction of sp³-hybridized carbons (Fsp3) is 0.250. The van der Waals surface area contributed by atoms with E-state index in [0.29, 0.717) is 12.4 Å². The van der Waals surface area contributed by atoms with Gasteiger partial charge in [0.1, 0.15) is 0 Å². The van der Waals surface area contributed by atoms with Crippen LogP contribution in [0.5, 0.6) is 0 Å². The van der Waals surface area contributed by atoms with E-state index < -0.39 is 0 Å². The number of aromatic nitrogens is 3. The number of ether oxygens (including phenoxy) is 1. The summed E-state index contributed by atoms with van der Waals surface area (Å²) in [6.45, 7) is 2.54. The highest BCUT2D eigenvalue weighted by Crippen LogP contribution is 2.16. The number of nitrogens with one attached hydrogen (secondary N) is 1. The Balaban J connectivity index is 2.11. The fourth-order valence-corrected chi connectivity index (χ4v) is 1.37. The summed E-state index contributed by atoms with van der Waals surface area (Å²) >= 11 is 0. The average Bonchev–Trinajstić information content (AvgIpc) is 2.44. The van der Waals surface area contributed by atoms with Gasteiger partial charge < -0.3 is 10.5 Å². The van der Waals surface area contributed by atoms with Crippen LogP contribution in [0.25, 0.3) is 11.4 Å². The van der Waals surface area contributed by atoms with Crippen LogP contribution in [0.1, 0.15) is 6.92 Å². The van der Waals surface area contributed by atoms with Gasteiger partial charge in [-0.15, -0.1) is 0 Å². The van der Waals surface area contributed by atoms with Crippen LogP contribution in [0.15, 0.2) is 30.3 Å². The molecule has 100 valence electrons. The van der Waals surface area contributed by atoms with Gasteiger partial charge in [-0.25, -0.2) is 10.3 Å². The van der Waals surface area contributed by atoms with Gasteiger partial charge in [0.25, 0.3) is 5.95 Å². The zero-order valence-corrected chi connectivity index (χ0v) is 10.5. The summed E-state index contributed by atoms with van der Waals surface area (Å²) in [7, 11) is 0. The standard InChI is InChI=1S/C12H15N5O2/c1-2-18-8-19-17-12-15-10(14-11(13)16-12)9-6-4-3-5-7-9/h3-7H,2,8H2,1H3,(H3,13,14,15,16,17). The van der Waals surface area contributed by atoms with Crippen molar-refractivity contribution < 1.29 is 9.57 Å². The number of hydrogen-bond donors (Lipinski definition) is 2. The maximum atomic E-state index is 5.64. The Morgan fingerprint density at radius 2 is 1.95 bits per heavy atom. The van der Waals surface area contributed by atoms with Crippen molar-refractivity contribution in [1.82, 2.24) is 15.0 Å². The average molecular weight is 261 g/mol. The minimum absolute atomic E-state index is 0.1000. The third-order valence-corrected chi connectivity index (χ3v) is 2.19. The number of nitrogens with two attached hydrogens (primary N) is 1. The van der Waals surface area contributed by atoms with Crippen molar-refractivity contribution in [3.05, 3.63) is 30.3 Å². The first-order chi connectivity index (χ1) is 9.29. The van der Waals surface area contributed by atoms with Crippen LogP contribution in [0.4, 0.5) is 11.9 Å². The van der Waals surface area contributed by atoms with E-state index in [1.54, 1.807) is 0 Å². The van der Waals surface area contributed by atoms with Gasteiger partial charge in [0, 0.05) is 12.2 Å². The summed E-state index contributed by atoms with van der Waals surface area (Å²) in [5.41, 5.74) is 9.05. The van der Waals surface area contributed by atoms with Crippen molar-refractivity contribution in [2.24, 2.45) is 0 Å². The quantitative estimate of drug-likeness (QED) is 0.461. The Morgan fingerprint density at radius 3 is 2.68 bits per heavy atom. The van der Waals surface area contributed by atoms with Gasteiger partial charge in [-0.1, -0.05) is 30.3 Å². The Morgan fingerprint density at radius 1 is 1.16 bits per heavy atom. The topological polar surface area (TPSA) is 95.2 Å². The molecule has 0 fully saturated rings. The molecular formula is C12H15N5O2. The first kappa shape index (κ1) is 13.2. The van der Waals surface area contributed by atoms with Crippen LogP contribution in [-0.2, 0) is 9.57 Å². The van der Waals surface area contributed by atoms with E-state index in [-0.39, 0.29) is 18.7 Å². The summed E-state index contributed by atoms with van der Waals surface area (Å²) in [6.07, 6.45) is 0. The molecule has 0 spiro atoms. The number of benzene rings is 1. The maximum absolute atomic E-state index is 5.64. The Kier molecular flexibility index (Phi) is 4.60. The molecule has 2 rings (SSSR count). The highest BCUT2D eigenvalue weighted by atomic mass is 16.8. The van der Waals surface area contributed by atoms with Crippen molar-refractivity contribution in [2.75, 3.05) is 24.6 Å². The van der Waals surface area contributed by atoms with Gasteiger partial charge in [0.15, 0.2) is 12.6 Å². The van der Waals surface area contributed by atoms with Gasteiger partial charge >= 0.3 is 0 Å². The molecule has 0 unspecified atom stereocenters. The third kappa shape index (κ3) is 3.87. The van der Waals surface area contributed by atoms with Crippen LogP contribution < -0.4 is 11.2 Å². The predicted octanol–water partition coefficient (Wildman–Crippen LogP) is 1.46. The molecule has 0 saturated carbocycles. The minimum atomic E-state index is 0.1000. The Labute approximate surface area is 110 Å². The van der Waals surface area contributed by atoms with E-state index in [1.165, 1.54) is 0 Å².